The second-order valence-electron chi connectivity index (χ2n) is 6.62. The molecule has 1 heterocycles. The van der Waals surface area contributed by atoms with Crippen molar-refractivity contribution in [3.05, 3.63) is 44.3 Å². The Morgan fingerprint density at radius 1 is 1.43 bits per heavy atom. The Balaban J connectivity index is 2.03. The van der Waals surface area contributed by atoms with Crippen LogP contribution in [0.4, 0.5) is 10.7 Å². The van der Waals surface area contributed by atoms with Gasteiger partial charge in [-0.25, -0.2) is 8.42 Å². The molecule has 0 aliphatic heterocycles. The molecule has 1 atom stereocenters. The summed E-state index contributed by atoms with van der Waals surface area (Å²) in [5.74, 6) is -0.326. The molecule has 0 bridgehead atoms. The van der Waals surface area contributed by atoms with Gasteiger partial charge in [-0.1, -0.05) is 6.92 Å². The number of rotatable bonds is 6. The molecule has 1 aliphatic carbocycles. The van der Waals surface area contributed by atoms with Gasteiger partial charge in [-0.05, 0) is 42.9 Å². The number of ether oxygens (including phenoxy) is 1. The normalized spacial score (nSPS) is 16.3. The number of amides is 1. The van der Waals surface area contributed by atoms with Crippen LogP contribution < -0.4 is 15.2 Å². The number of methoxy groups -OCH3 is 1. The van der Waals surface area contributed by atoms with Crippen LogP contribution in [0.15, 0.2) is 23.1 Å². The molecule has 0 spiro atoms. The molecule has 0 fully saturated rings. The Kier molecular flexibility index (Phi) is 5.31. The van der Waals surface area contributed by atoms with Gasteiger partial charge in [-0.2, -0.15) is 0 Å². The topological polar surface area (TPSA) is 142 Å². The molecular weight excluding hydrogens is 406 g/mol. The minimum atomic E-state index is -4.17. The number of hydrogen-bond donors (Lipinski definition) is 2. The van der Waals surface area contributed by atoms with Crippen molar-refractivity contribution >= 4 is 38.0 Å². The quantitative estimate of drug-likeness (QED) is 0.538. The Hall–Kier alpha value is -2.66. The number of thiophene rings is 1. The number of benzene rings is 1. The van der Waals surface area contributed by atoms with Crippen molar-refractivity contribution in [3.8, 4) is 5.75 Å². The highest BCUT2D eigenvalue weighted by Gasteiger charge is 2.29. The van der Waals surface area contributed by atoms with Gasteiger partial charge in [-0.15, -0.1) is 11.3 Å². The first-order valence-electron chi connectivity index (χ1n) is 8.43. The van der Waals surface area contributed by atoms with E-state index in [9.17, 15) is 23.3 Å². The van der Waals surface area contributed by atoms with Gasteiger partial charge < -0.3 is 10.5 Å². The van der Waals surface area contributed by atoms with Crippen LogP contribution in [0, 0.1) is 16.0 Å². The standard InChI is InChI=1S/C17H19N3O6S2/c1-9-3-5-11-14(7-9)27-17(15(11)16(18)21)19-28(24,25)10-4-6-13(26-2)12(8-10)20(22)23/h4,6,8-9,19H,3,5,7H2,1-2H3,(H2,18,21). The number of nitrogens with zero attached hydrogens (tertiary/aromatic N) is 1. The summed E-state index contributed by atoms with van der Waals surface area (Å²) in [4.78, 5) is 23.1. The van der Waals surface area contributed by atoms with E-state index in [0.29, 0.717) is 12.3 Å². The number of hydrogen-bond acceptors (Lipinski definition) is 7. The second kappa shape index (κ2) is 7.40. The van der Waals surface area contributed by atoms with Gasteiger partial charge in [0, 0.05) is 10.9 Å². The van der Waals surface area contributed by atoms with E-state index in [1.54, 1.807) is 0 Å². The first-order chi connectivity index (χ1) is 13.1. The number of fused-ring (bicyclic) bond motifs is 1. The monoisotopic (exact) mass is 425 g/mol. The summed E-state index contributed by atoms with van der Waals surface area (Å²) >= 11 is 1.18. The van der Waals surface area contributed by atoms with Crippen molar-refractivity contribution in [1.82, 2.24) is 0 Å². The highest BCUT2D eigenvalue weighted by atomic mass is 32.2. The van der Waals surface area contributed by atoms with Gasteiger partial charge in [0.05, 0.1) is 22.5 Å². The Labute approximate surface area is 165 Å². The number of carbonyl (C=O) groups is 1. The molecule has 0 saturated carbocycles. The summed E-state index contributed by atoms with van der Waals surface area (Å²) in [6.45, 7) is 2.09. The summed E-state index contributed by atoms with van der Waals surface area (Å²) in [5.41, 5.74) is 6.00. The maximum atomic E-state index is 12.8. The van der Waals surface area contributed by atoms with E-state index in [2.05, 4.69) is 11.6 Å². The van der Waals surface area contributed by atoms with Gasteiger partial charge in [0.1, 0.15) is 5.00 Å². The number of carbonyl (C=O) groups excluding carboxylic acids is 1. The van der Waals surface area contributed by atoms with Crippen molar-refractivity contribution in [1.29, 1.82) is 0 Å². The van der Waals surface area contributed by atoms with E-state index < -0.39 is 26.5 Å². The minimum absolute atomic E-state index is 0.0534. The third kappa shape index (κ3) is 3.67. The molecule has 1 aliphatic rings. The molecule has 3 N–H and O–H groups in total. The third-order valence-electron chi connectivity index (χ3n) is 4.64. The van der Waals surface area contributed by atoms with E-state index in [4.69, 9.17) is 10.5 Å². The zero-order valence-electron chi connectivity index (χ0n) is 15.2. The SMILES string of the molecule is COc1ccc(S(=O)(=O)Nc2sc3c(c2C(N)=O)CCC(C)C3)cc1[N+](=O)[O-]. The van der Waals surface area contributed by atoms with E-state index in [-0.39, 0.29) is 21.2 Å². The van der Waals surface area contributed by atoms with Crippen molar-refractivity contribution in [2.45, 2.75) is 31.1 Å². The van der Waals surface area contributed by atoms with Crippen molar-refractivity contribution < 1.29 is 22.9 Å². The average molecular weight is 425 g/mol. The van der Waals surface area contributed by atoms with Gasteiger partial charge in [0.25, 0.3) is 15.9 Å². The van der Waals surface area contributed by atoms with Gasteiger partial charge >= 0.3 is 5.69 Å². The number of nitrogens with one attached hydrogen (secondary N) is 1. The number of anilines is 1. The van der Waals surface area contributed by atoms with Crippen molar-refractivity contribution in [2.24, 2.45) is 11.7 Å². The highest BCUT2D eigenvalue weighted by molar-refractivity contribution is 7.93. The number of sulfonamides is 1. The summed E-state index contributed by atoms with van der Waals surface area (Å²) in [6, 6.07) is 3.33. The molecule has 11 heteroatoms. The third-order valence-corrected chi connectivity index (χ3v) is 7.29. The smallest absolute Gasteiger partial charge is 0.312 e. The van der Waals surface area contributed by atoms with E-state index in [1.165, 1.54) is 30.6 Å². The van der Waals surface area contributed by atoms with Crippen LogP contribution in [0.25, 0.3) is 0 Å². The molecule has 9 nitrogen and oxygen atoms in total. The minimum Gasteiger partial charge on any atom is -0.490 e. The summed E-state index contributed by atoms with van der Waals surface area (Å²) in [6.07, 6.45) is 2.29. The Morgan fingerprint density at radius 2 is 2.14 bits per heavy atom. The predicted molar refractivity (Wildman–Crippen MR) is 104 cm³/mol. The van der Waals surface area contributed by atoms with Crippen molar-refractivity contribution in [3.63, 3.8) is 0 Å². The molecule has 1 amide bonds. The molecule has 0 radical (unpaired) electrons. The second-order valence-corrected chi connectivity index (χ2v) is 9.40. The summed E-state index contributed by atoms with van der Waals surface area (Å²) < 4.78 is 32.9. The number of nitro groups is 1. The van der Waals surface area contributed by atoms with Crippen LogP contribution >= 0.6 is 11.3 Å². The van der Waals surface area contributed by atoms with Crippen molar-refractivity contribution in [2.75, 3.05) is 11.8 Å². The predicted octanol–water partition coefficient (Wildman–Crippen LogP) is 2.69. The van der Waals surface area contributed by atoms with Crippen LogP contribution in [0.1, 0.15) is 34.1 Å². The maximum Gasteiger partial charge on any atom is 0.312 e. The fourth-order valence-electron chi connectivity index (χ4n) is 3.24. The van der Waals surface area contributed by atoms with Gasteiger partial charge in [0.15, 0.2) is 5.75 Å². The molecular formula is C17H19N3O6S2. The van der Waals surface area contributed by atoms with E-state index >= 15 is 0 Å². The molecule has 0 saturated heterocycles. The largest absolute Gasteiger partial charge is 0.490 e. The molecule has 1 aromatic carbocycles. The number of primary amides is 1. The number of nitro benzene ring substituents is 1. The van der Waals surface area contributed by atoms with Crippen LogP contribution in [0.5, 0.6) is 5.75 Å². The fraction of sp³-hybridized carbons (Fsp3) is 0.353. The van der Waals surface area contributed by atoms with Crippen LogP contribution in [0.2, 0.25) is 0 Å². The lowest BCUT2D eigenvalue weighted by atomic mass is 9.88. The Morgan fingerprint density at radius 3 is 2.75 bits per heavy atom. The average Bonchev–Trinajstić information content (AvgIpc) is 2.97. The highest BCUT2D eigenvalue weighted by Crippen LogP contribution is 2.40. The maximum absolute atomic E-state index is 12.8. The lowest BCUT2D eigenvalue weighted by Gasteiger charge is -2.18. The molecule has 1 aromatic heterocycles. The molecule has 1 unspecified atom stereocenters. The molecule has 2 aromatic rings. The molecule has 28 heavy (non-hydrogen) atoms. The lowest BCUT2D eigenvalue weighted by Crippen LogP contribution is -2.19. The number of nitrogens with two attached hydrogens (primary N) is 1. The van der Waals surface area contributed by atoms with Crippen LogP contribution in [-0.2, 0) is 22.9 Å². The van der Waals surface area contributed by atoms with Gasteiger partial charge in [0.2, 0.25) is 0 Å². The zero-order chi connectivity index (χ0) is 20.6. The Bertz CT molecular complexity index is 1060. The van der Waals surface area contributed by atoms with Crippen LogP contribution in [0.3, 0.4) is 0 Å². The lowest BCUT2D eigenvalue weighted by molar-refractivity contribution is -0.386. The van der Waals surface area contributed by atoms with Crippen LogP contribution in [-0.4, -0.2) is 26.4 Å². The fourth-order valence-corrected chi connectivity index (χ4v) is 5.99. The molecule has 3 rings (SSSR count). The van der Waals surface area contributed by atoms with Gasteiger partial charge in [-0.3, -0.25) is 19.6 Å². The molecule has 150 valence electrons. The zero-order valence-corrected chi connectivity index (χ0v) is 16.9. The van der Waals surface area contributed by atoms with E-state index in [0.717, 1.165) is 29.3 Å². The first kappa shape index (κ1) is 20.1. The summed E-state index contributed by atoms with van der Waals surface area (Å²) in [7, 11) is -2.92. The summed E-state index contributed by atoms with van der Waals surface area (Å²) in [5, 5.41) is 11.3. The van der Waals surface area contributed by atoms with E-state index in [1.807, 2.05) is 0 Å². The first-order valence-corrected chi connectivity index (χ1v) is 10.7.